The number of aryl methyl sites for hydroxylation is 3. The second-order valence-electron chi connectivity index (χ2n) is 18.9. The number of rotatable bonds is 16. The highest BCUT2D eigenvalue weighted by Crippen LogP contribution is 2.42. The van der Waals surface area contributed by atoms with Crippen LogP contribution in [0.2, 0.25) is 0 Å². The van der Waals surface area contributed by atoms with Gasteiger partial charge in [-0.3, -0.25) is 9.59 Å². The van der Waals surface area contributed by atoms with Crippen LogP contribution < -0.4 is 23.7 Å². The molecule has 0 saturated heterocycles. The predicted molar refractivity (Wildman–Crippen MR) is 305 cm³/mol. The van der Waals surface area contributed by atoms with Gasteiger partial charge in [-0.25, -0.2) is 4.98 Å². The summed E-state index contributed by atoms with van der Waals surface area (Å²) in [6, 6.07) is 63.6. The number of nitrogens with zero attached hydrogens (tertiary/aromatic N) is 4. The molecular formula is C69H48N4O7. The third-order valence-corrected chi connectivity index (χ3v) is 13.6. The van der Waals surface area contributed by atoms with E-state index in [1.807, 2.05) is 95.3 Å². The number of aromatic nitrogens is 1. The van der Waals surface area contributed by atoms with Crippen molar-refractivity contribution in [3.05, 3.63) is 267 Å². The molecule has 9 aromatic carbocycles. The SMILES string of the molecule is Cc1ccc(-c2ccc(-c3cccc(Oc4ccc(Oc5cccc(Oc6ccc(Oc7cccc(C)c7C#N)c(C)c6C)c5C#N)c(C)c4)c3C#N)c(C(=O)c3ccc(Oc4ccccn4)cc3)c2)c(C(=O)c2ccccc2)c1. The van der Waals surface area contributed by atoms with E-state index in [-0.39, 0.29) is 39.9 Å². The number of benzene rings is 9. The zero-order chi connectivity index (χ0) is 55.9. The van der Waals surface area contributed by atoms with Gasteiger partial charge < -0.3 is 23.7 Å². The lowest BCUT2D eigenvalue weighted by atomic mass is 9.86. The fourth-order valence-electron chi connectivity index (χ4n) is 9.23. The maximum absolute atomic E-state index is 14.9. The molecule has 0 aliphatic heterocycles. The molecule has 0 aliphatic carbocycles. The molecule has 0 amide bonds. The molecule has 80 heavy (non-hydrogen) atoms. The van der Waals surface area contributed by atoms with Crippen LogP contribution in [0.5, 0.6) is 57.6 Å². The zero-order valence-electron chi connectivity index (χ0n) is 44.2. The number of nitriles is 3. The van der Waals surface area contributed by atoms with Crippen molar-refractivity contribution in [1.29, 1.82) is 15.8 Å². The number of ether oxygens (including phenoxy) is 5. The summed E-state index contributed by atoms with van der Waals surface area (Å²) in [6.07, 6.45) is 1.63. The van der Waals surface area contributed by atoms with E-state index in [9.17, 15) is 25.4 Å². The van der Waals surface area contributed by atoms with E-state index in [1.165, 1.54) is 0 Å². The molecule has 0 spiro atoms. The molecule has 11 heteroatoms. The van der Waals surface area contributed by atoms with Crippen LogP contribution in [0.3, 0.4) is 0 Å². The van der Waals surface area contributed by atoms with Crippen molar-refractivity contribution in [2.24, 2.45) is 0 Å². The summed E-state index contributed by atoms with van der Waals surface area (Å²) in [4.78, 5) is 33.3. The van der Waals surface area contributed by atoms with Gasteiger partial charge in [0.1, 0.15) is 81.1 Å². The normalized spacial score (nSPS) is 10.6. The predicted octanol–water partition coefficient (Wildman–Crippen LogP) is 17.0. The van der Waals surface area contributed by atoms with Crippen molar-refractivity contribution in [1.82, 2.24) is 4.98 Å². The van der Waals surface area contributed by atoms with Crippen molar-refractivity contribution in [2.45, 2.75) is 34.6 Å². The molecule has 0 aliphatic rings. The Bertz CT molecular complexity index is 4170. The summed E-state index contributed by atoms with van der Waals surface area (Å²) in [6.45, 7) is 9.42. The molecule has 0 N–H and O–H groups in total. The first-order chi connectivity index (χ1) is 38.9. The van der Waals surface area contributed by atoms with Crippen LogP contribution in [-0.4, -0.2) is 16.6 Å². The third-order valence-electron chi connectivity index (χ3n) is 13.6. The summed E-state index contributed by atoms with van der Waals surface area (Å²) in [7, 11) is 0. The number of hydrogen-bond donors (Lipinski definition) is 0. The minimum atomic E-state index is -0.326. The highest BCUT2D eigenvalue weighted by molar-refractivity contribution is 6.15. The number of carbonyl (C=O) groups excluding carboxylic acids is 2. The quantitative estimate of drug-likeness (QED) is 0.0846. The molecule has 0 bridgehead atoms. The molecule has 1 aromatic heterocycles. The van der Waals surface area contributed by atoms with E-state index >= 15 is 0 Å². The van der Waals surface area contributed by atoms with Gasteiger partial charge in [0, 0.05) is 40.1 Å². The Morgan fingerprint density at radius 3 is 1.57 bits per heavy atom. The fraction of sp³-hybridized carbons (Fsp3) is 0.0725. The molecule has 11 nitrogen and oxygen atoms in total. The Morgan fingerprint density at radius 2 is 0.938 bits per heavy atom. The van der Waals surface area contributed by atoms with Crippen molar-refractivity contribution >= 4 is 11.6 Å². The van der Waals surface area contributed by atoms with Gasteiger partial charge >= 0.3 is 0 Å². The smallest absolute Gasteiger partial charge is 0.219 e. The van der Waals surface area contributed by atoms with Crippen LogP contribution in [0.25, 0.3) is 22.3 Å². The summed E-state index contributed by atoms with van der Waals surface area (Å²) in [5.74, 6) is 3.60. The molecule has 0 unspecified atom stereocenters. The van der Waals surface area contributed by atoms with Crippen molar-refractivity contribution in [3.63, 3.8) is 0 Å². The van der Waals surface area contributed by atoms with Crippen LogP contribution in [0, 0.1) is 68.6 Å². The Kier molecular flexibility index (Phi) is 15.1. The van der Waals surface area contributed by atoms with E-state index in [0.29, 0.717) is 96.0 Å². The molecule has 0 radical (unpaired) electrons. The number of carbonyl (C=O) groups is 2. The lowest BCUT2D eigenvalue weighted by Crippen LogP contribution is -2.07. The maximum Gasteiger partial charge on any atom is 0.219 e. The topological polar surface area (TPSA) is 165 Å². The Morgan fingerprint density at radius 1 is 0.388 bits per heavy atom. The van der Waals surface area contributed by atoms with Gasteiger partial charge in [-0.15, -0.1) is 0 Å². The zero-order valence-corrected chi connectivity index (χ0v) is 44.2. The van der Waals surface area contributed by atoms with Crippen molar-refractivity contribution < 1.29 is 33.3 Å². The van der Waals surface area contributed by atoms with Gasteiger partial charge in [0.2, 0.25) is 5.88 Å². The largest absolute Gasteiger partial charge is 0.456 e. The van der Waals surface area contributed by atoms with Crippen LogP contribution in [-0.2, 0) is 0 Å². The van der Waals surface area contributed by atoms with Crippen molar-refractivity contribution in [3.8, 4) is 98.1 Å². The lowest BCUT2D eigenvalue weighted by Gasteiger charge is -2.18. The van der Waals surface area contributed by atoms with E-state index < -0.39 is 0 Å². The molecule has 0 fully saturated rings. The summed E-state index contributed by atoms with van der Waals surface area (Å²) < 4.78 is 31.4. The number of ketones is 2. The molecule has 10 aromatic rings. The first kappa shape index (κ1) is 52.4. The first-order valence-corrected chi connectivity index (χ1v) is 25.5. The number of pyridine rings is 1. The van der Waals surface area contributed by atoms with Crippen LogP contribution in [0.15, 0.2) is 200 Å². The minimum absolute atomic E-state index is 0.158. The first-order valence-electron chi connectivity index (χ1n) is 25.5. The number of hydrogen-bond acceptors (Lipinski definition) is 11. The van der Waals surface area contributed by atoms with Gasteiger partial charge in [0.05, 0.1) is 5.56 Å². The fourth-order valence-corrected chi connectivity index (χ4v) is 9.23. The van der Waals surface area contributed by atoms with Crippen LogP contribution in [0.4, 0.5) is 0 Å². The van der Waals surface area contributed by atoms with E-state index in [4.69, 9.17) is 23.7 Å². The standard InChI is InChI=1S/C69H48N4O7/c1-42-23-30-52(55(36-42)68(74)47-15-7-6-8-16-47)49-26-31-54(56(38-49)69(75)48-24-27-50(28-25-48)77-67-22-9-10-35-73-67)53-17-12-19-64(58(53)40-71)76-51-29-32-60(44(3)37-51)78-65-20-13-21-66(59(65)41-72)80-62-34-33-61(45(4)46(62)5)79-63-18-11-14-43(2)57(63)39-70/h6-38H,1-5H3. The monoisotopic (exact) mass is 1040 g/mol. The average Bonchev–Trinajstić information content (AvgIpc) is 3.54. The highest BCUT2D eigenvalue weighted by Gasteiger charge is 2.24. The van der Waals surface area contributed by atoms with E-state index in [2.05, 4.69) is 23.2 Å². The van der Waals surface area contributed by atoms with Gasteiger partial charge in [-0.2, -0.15) is 15.8 Å². The summed E-state index contributed by atoms with van der Waals surface area (Å²) in [5.41, 5.74) is 8.67. The van der Waals surface area contributed by atoms with Crippen LogP contribution >= 0.6 is 0 Å². The third kappa shape index (κ3) is 11.0. The van der Waals surface area contributed by atoms with E-state index in [0.717, 1.165) is 22.3 Å². The molecular weight excluding hydrogens is 997 g/mol. The second kappa shape index (κ2) is 23.0. The van der Waals surface area contributed by atoms with Gasteiger partial charge in [-0.1, -0.05) is 96.6 Å². The summed E-state index contributed by atoms with van der Waals surface area (Å²) >= 11 is 0. The Labute approximate surface area is 463 Å². The van der Waals surface area contributed by atoms with Crippen LogP contribution in [0.1, 0.15) is 76.4 Å². The molecule has 10 rings (SSSR count). The molecule has 0 atom stereocenters. The molecule has 0 saturated carbocycles. The average molecular weight is 1050 g/mol. The van der Waals surface area contributed by atoms with Gasteiger partial charge in [0.25, 0.3) is 0 Å². The molecule has 386 valence electrons. The Balaban J connectivity index is 0.937. The van der Waals surface area contributed by atoms with Gasteiger partial charge in [0.15, 0.2) is 11.6 Å². The second-order valence-corrected chi connectivity index (χ2v) is 18.9. The lowest BCUT2D eigenvalue weighted by molar-refractivity contribution is 0.103. The minimum Gasteiger partial charge on any atom is -0.456 e. The summed E-state index contributed by atoms with van der Waals surface area (Å²) in [5, 5.41) is 31.1. The molecule has 1 heterocycles. The van der Waals surface area contributed by atoms with Crippen molar-refractivity contribution in [2.75, 3.05) is 0 Å². The maximum atomic E-state index is 14.9. The Hall–Kier alpha value is -11.1. The van der Waals surface area contributed by atoms with E-state index in [1.54, 1.807) is 140 Å². The highest BCUT2D eigenvalue weighted by atomic mass is 16.5. The van der Waals surface area contributed by atoms with Gasteiger partial charge in [-0.05, 0) is 171 Å².